The van der Waals surface area contributed by atoms with Gasteiger partial charge in [-0.05, 0) is 54.3 Å². The summed E-state index contributed by atoms with van der Waals surface area (Å²) in [5, 5.41) is 3.98. The van der Waals surface area contributed by atoms with Crippen molar-refractivity contribution in [2.24, 2.45) is 0 Å². The monoisotopic (exact) mass is 408 g/mol. The summed E-state index contributed by atoms with van der Waals surface area (Å²) in [5.41, 5.74) is 2.69. The summed E-state index contributed by atoms with van der Waals surface area (Å²) in [6.45, 7) is 2.72. The van der Waals surface area contributed by atoms with Gasteiger partial charge >= 0.3 is 0 Å². The molecule has 2 aromatic carbocycles. The van der Waals surface area contributed by atoms with Crippen molar-refractivity contribution in [3.05, 3.63) is 60.5 Å². The van der Waals surface area contributed by atoms with Crippen molar-refractivity contribution in [2.75, 3.05) is 36.4 Å². The van der Waals surface area contributed by atoms with Crippen LogP contribution < -0.4 is 10.2 Å². The van der Waals surface area contributed by atoms with E-state index in [9.17, 15) is 14.0 Å². The summed E-state index contributed by atoms with van der Waals surface area (Å²) in [7, 11) is 0. The Balaban J connectivity index is 1.18. The molecule has 0 atom stereocenters. The van der Waals surface area contributed by atoms with E-state index in [1.807, 2.05) is 35.4 Å². The van der Waals surface area contributed by atoms with Gasteiger partial charge in [-0.2, -0.15) is 0 Å². The molecule has 0 spiro atoms. The molecular weight excluding hydrogens is 383 g/mol. The molecule has 1 saturated heterocycles. The molecule has 0 radical (unpaired) electrons. The molecule has 0 saturated carbocycles. The molecule has 6 nitrogen and oxygen atoms in total. The molecule has 1 aliphatic heterocycles. The Labute approximate surface area is 174 Å². The molecular formula is C23H25FN4O2. The fourth-order valence-corrected chi connectivity index (χ4v) is 3.77. The van der Waals surface area contributed by atoms with Gasteiger partial charge in [-0.3, -0.25) is 9.59 Å². The summed E-state index contributed by atoms with van der Waals surface area (Å²) in [6.07, 6.45) is 3.05. The third-order valence-electron chi connectivity index (χ3n) is 5.46. The minimum atomic E-state index is -0.249. The smallest absolute Gasteiger partial charge is 0.224 e. The number of aromatic amines is 1. The van der Waals surface area contributed by atoms with Gasteiger partial charge in [0.1, 0.15) is 5.82 Å². The number of amides is 2. The van der Waals surface area contributed by atoms with Crippen LogP contribution in [0.5, 0.6) is 0 Å². The summed E-state index contributed by atoms with van der Waals surface area (Å²) in [6, 6.07) is 14.1. The number of hydrogen-bond acceptors (Lipinski definition) is 3. The van der Waals surface area contributed by atoms with E-state index in [-0.39, 0.29) is 17.6 Å². The van der Waals surface area contributed by atoms with Crippen LogP contribution in [0.4, 0.5) is 15.8 Å². The van der Waals surface area contributed by atoms with Crippen LogP contribution in [0.15, 0.2) is 54.7 Å². The summed E-state index contributed by atoms with van der Waals surface area (Å²) in [5.74, 6) is -0.259. The lowest BCUT2D eigenvalue weighted by Crippen LogP contribution is -2.48. The normalized spacial score (nSPS) is 14.2. The number of piperazine rings is 1. The molecule has 1 aliphatic rings. The first-order valence-corrected chi connectivity index (χ1v) is 10.2. The van der Waals surface area contributed by atoms with Crippen LogP contribution in [-0.2, 0) is 9.59 Å². The number of aromatic nitrogens is 1. The number of halogens is 1. The van der Waals surface area contributed by atoms with E-state index in [1.54, 1.807) is 12.1 Å². The molecule has 1 fully saturated rings. The van der Waals surface area contributed by atoms with Crippen LogP contribution >= 0.6 is 0 Å². The number of H-pyrrole nitrogens is 1. The van der Waals surface area contributed by atoms with Gasteiger partial charge in [-0.15, -0.1) is 0 Å². The largest absolute Gasteiger partial charge is 0.368 e. The average Bonchev–Trinajstić information content (AvgIpc) is 3.22. The van der Waals surface area contributed by atoms with Gasteiger partial charge in [-0.1, -0.05) is 6.07 Å². The second-order valence-electron chi connectivity index (χ2n) is 7.53. The maximum atomic E-state index is 13.1. The van der Waals surface area contributed by atoms with Gasteiger partial charge in [0.25, 0.3) is 0 Å². The number of anilines is 2. The highest BCUT2D eigenvalue weighted by molar-refractivity contribution is 5.93. The van der Waals surface area contributed by atoms with Crippen molar-refractivity contribution in [3.8, 4) is 0 Å². The van der Waals surface area contributed by atoms with Crippen LogP contribution in [0.2, 0.25) is 0 Å². The maximum Gasteiger partial charge on any atom is 0.224 e. The molecule has 156 valence electrons. The summed E-state index contributed by atoms with van der Waals surface area (Å²) in [4.78, 5) is 31.8. The topological polar surface area (TPSA) is 68.4 Å². The lowest BCUT2D eigenvalue weighted by atomic mass is 10.1. The van der Waals surface area contributed by atoms with Gasteiger partial charge in [0.15, 0.2) is 0 Å². The predicted molar refractivity (Wildman–Crippen MR) is 116 cm³/mol. The number of rotatable bonds is 6. The van der Waals surface area contributed by atoms with E-state index in [4.69, 9.17) is 0 Å². The Morgan fingerprint density at radius 1 is 0.967 bits per heavy atom. The number of hydrogen-bond donors (Lipinski definition) is 2. The van der Waals surface area contributed by atoms with Crippen molar-refractivity contribution in [3.63, 3.8) is 0 Å². The lowest BCUT2D eigenvalue weighted by Gasteiger charge is -2.36. The van der Waals surface area contributed by atoms with E-state index < -0.39 is 0 Å². The minimum Gasteiger partial charge on any atom is -0.368 e. The highest BCUT2D eigenvalue weighted by Gasteiger charge is 2.21. The van der Waals surface area contributed by atoms with Crippen LogP contribution in [-0.4, -0.2) is 47.9 Å². The van der Waals surface area contributed by atoms with Crippen LogP contribution in [0.1, 0.15) is 19.3 Å². The number of benzene rings is 2. The zero-order chi connectivity index (χ0) is 20.9. The molecule has 0 bridgehead atoms. The van der Waals surface area contributed by atoms with Gasteiger partial charge in [0, 0.05) is 62.1 Å². The van der Waals surface area contributed by atoms with E-state index in [0.717, 1.165) is 35.4 Å². The van der Waals surface area contributed by atoms with Gasteiger partial charge < -0.3 is 20.1 Å². The SMILES string of the molecule is O=C(CCCC(=O)N1CCN(c2ccc(F)cc2)CC1)Nc1ccc2cc[nH]c2c1. The first-order valence-electron chi connectivity index (χ1n) is 10.2. The lowest BCUT2D eigenvalue weighted by molar-refractivity contribution is -0.131. The number of carbonyl (C=O) groups is 2. The van der Waals surface area contributed by atoms with Crippen molar-refractivity contribution < 1.29 is 14.0 Å². The number of carbonyl (C=O) groups excluding carboxylic acids is 2. The maximum absolute atomic E-state index is 13.1. The highest BCUT2D eigenvalue weighted by atomic mass is 19.1. The predicted octanol–water partition coefficient (Wildman–Crippen LogP) is 3.76. The Hall–Kier alpha value is -3.35. The standard InChI is InChI=1S/C23H25FN4O2/c24-18-5-8-20(9-6-18)27-12-14-28(15-13-27)23(30)3-1-2-22(29)26-19-7-4-17-10-11-25-21(17)16-19/h4-11,16,25H,1-3,12-15H2,(H,26,29). The fourth-order valence-electron chi connectivity index (χ4n) is 3.77. The molecule has 2 amide bonds. The first-order chi connectivity index (χ1) is 14.6. The zero-order valence-corrected chi connectivity index (χ0v) is 16.7. The molecule has 30 heavy (non-hydrogen) atoms. The van der Waals surface area contributed by atoms with Crippen molar-refractivity contribution in [2.45, 2.75) is 19.3 Å². The van der Waals surface area contributed by atoms with Gasteiger partial charge in [0.2, 0.25) is 11.8 Å². The van der Waals surface area contributed by atoms with E-state index in [1.165, 1.54) is 12.1 Å². The quantitative estimate of drug-likeness (QED) is 0.653. The third-order valence-corrected chi connectivity index (χ3v) is 5.46. The molecule has 0 aliphatic carbocycles. The minimum absolute atomic E-state index is 0.0781. The zero-order valence-electron chi connectivity index (χ0n) is 16.7. The molecule has 2 heterocycles. The van der Waals surface area contributed by atoms with Crippen LogP contribution in [0, 0.1) is 5.82 Å². The number of nitrogens with one attached hydrogen (secondary N) is 2. The fraction of sp³-hybridized carbons (Fsp3) is 0.304. The number of fused-ring (bicyclic) bond motifs is 1. The van der Waals surface area contributed by atoms with Crippen molar-refractivity contribution >= 4 is 34.1 Å². The molecule has 7 heteroatoms. The Morgan fingerprint density at radius 2 is 1.73 bits per heavy atom. The molecule has 4 rings (SSSR count). The van der Waals surface area contributed by atoms with Gasteiger partial charge in [-0.25, -0.2) is 4.39 Å². The highest BCUT2D eigenvalue weighted by Crippen LogP contribution is 2.19. The summed E-state index contributed by atoms with van der Waals surface area (Å²) >= 11 is 0. The molecule has 1 aromatic heterocycles. The average molecular weight is 408 g/mol. The second-order valence-corrected chi connectivity index (χ2v) is 7.53. The van der Waals surface area contributed by atoms with E-state index in [2.05, 4.69) is 15.2 Å². The van der Waals surface area contributed by atoms with Crippen molar-refractivity contribution in [1.82, 2.24) is 9.88 Å². The van der Waals surface area contributed by atoms with Crippen LogP contribution in [0.25, 0.3) is 10.9 Å². The Kier molecular flexibility index (Phi) is 5.97. The Morgan fingerprint density at radius 3 is 2.50 bits per heavy atom. The third kappa shape index (κ3) is 4.79. The molecule has 0 unspecified atom stereocenters. The van der Waals surface area contributed by atoms with E-state index in [0.29, 0.717) is 32.4 Å². The van der Waals surface area contributed by atoms with E-state index >= 15 is 0 Å². The first kappa shape index (κ1) is 19.9. The summed E-state index contributed by atoms with van der Waals surface area (Å²) < 4.78 is 13.1. The number of nitrogens with zero attached hydrogens (tertiary/aromatic N) is 2. The van der Waals surface area contributed by atoms with Crippen molar-refractivity contribution in [1.29, 1.82) is 0 Å². The molecule has 2 N–H and O–H groups in total. The van der Waals surface area contributed by atoms with Crippen LogP contribution in [0.3, 0.4) is 0 Å². The van der Waals surface area contributed by atoms with Gasteiger partial charge in [0.05, 0.1) is 0 Å². The second kappa shape index (κ2) is 8.98. The Bertz CT molecular complexity index is 1020. The molecule has 3 aromatic rings.